The number of carbonyl (C=O) groups is 1. The van der Waals surface area contributed by atoms with E-state index in [-0.39, 0.29) is 19.1 Å². The predicted octanol–water partition coefficient (Wildman–Crippen LogP) is 3.84. The monoisotopic (exact) mass is 443 g/mol. The molecule has 1 amide bonds. The largest absolute Gasteiger partial charge is 0.496 e. The van der Waals surface area contributed by atoms with E-state index in [1.54, 1.807) is 12.4 Å². The van der Waals surface area contributed by atoms with Gasteiger partial charge in [0.15, 0.2) is 0 Å². The number of rotatable bonds is 7. The predicted molar refractivity (Wildman–Crippen MR) is 127 cm³/mol. The second-order valence-electron chi connectivity index (χ2n) is 7.75. The van der Waals surface area contributed by atoms with Crippen molar-refractivity contribution in [2.75, 3.05) is 12.4 Å². The molecule has 4 rings (SSSR count). The lowest BCUT2D eigenvalue weighted by Gasteiger charge is -2.14. The summed E-state index contributed by atoms with van der Waals surface area (Å²) in [6, 6.07) is 15.4. The summed E-state index contributed by atoms with van der Waals surface area (Å²) in [5.41, 5.74) is 5.30. The van der Waals surface area contributed by atoms with Crippen molar-refractivity contribution in [1.82, 2.24) is 9.97 Å². The summed E-state index contributed by atoms with van der Waals surface area (Å²) >= 11 is 0. The molecule has 4 aromatic rings. The van der Waals surface area contributed by atoms with Gasteiger partial charge in [0, 0.05) is 41.7 Å². The first-order valence-corrected chi connectivity index (χ1v) is 10.5. The van der Waals surface area contributed by atoms with Gasteiger partial charge in [-0.3, -0.25) is 9.78 Å². The van der Waals surface area contributed by atoms with Gasteiger partial charge in [0.25, 0.3) is 0 Å². The average molecular weight is 444 g/mol. The van der Waals surface area contributed by atoms with E-state index in [1.807, 2.05) is 48.5 Å². The zero-order valence-corrected chi connectivity index (χ0v) is 18.5. The molecule has 0 atom stereocenters. The Bertz CT molecular complexity index is 1300. The van der Waals surface area contributed by atoms with E-state index in [2.05, 4.69) is 10.3 Å². The van der Waals surface area contributed by atoms with E-state index in [0.717, 1.165) is 39.0 Å². The Balaban J connectivity index is 1.66. The lowest BCUT2D eigenvalue weighted by atomic mass is 10.0. The van der Waals surface area contributed by atoms with Crippen LogP contribution in [0.4, 0.5) is 5.69 Å². The Morgan fingerprint density at radius 3 is 2.64 bits per heavy atom. The summed E-state index contributed by atoms with van der Waals surface area (Å²) in [7, 11) is 1.54. The number of nitrogens with zero attached hydrogens (tertiary/aromatic N) is 2. The summed E-state index contributed by atoms with van der Waals surface area (Å²) in [5.74, 6) is 0.422. The molecule has 3 N–H and O–H groups in total. The van der Waals surface area contributed by atoms with E-state index in [4.69, 9.17) is 9.72 Å². The second-order valence-corrected chi connectivity index (χ2v) is 7.75. The van der Waals surface area contributed by atoms with Crippen molar-refractivity contribution >= 4 is 22.4 Å². The molecule has 0 saturated heterocycles. The third-order valence-electron chi connectivity index (χ3n) is 5.47. The number of aliphatic hydroxyl groups is 2. The van der Waals surface area contributed by atoms with Crippen molar-refractivity contribution in [3.05, 3.63) is 83.3 Å². The highest BCUT2D eigenvalue weighted by atomic mass is 16.5. The van der Waals surface area contributed by atoms with Crippen molar-refractivity contribution in [3.8, 4) is 17.0 Å². The maximum Gasteiger partial charge on any atom is 0.221 e. The van der Waals surface area contributed by atoms with Crippen LogP contribution in [0.15, 0.2) is 60.9 Å². The smallest absolute Gasteiger partial charge is 0.221 e. The fourth-order valence-corrected chi connectivity index (χ4v) is 3.95. The summed E-state index contributed by atoms with van der Waals surface area (Å²) in [4.78, 5) is 20.6. The standard InChI is InChI=1S/C26H25N3O4/c1-16(32)28-24-5-3-4-18-11-19(6-7-22(18)24)25-13-27-12-21(29-25)9-17-8-20(14-30)23(15-31)26(10-17)33-2/h3-8,10-13,30-31H,9,14-15H2,1-2H3,(H,28,32). The number of ether oxygens (including phenoxy) is 1. The van der Waals surface area contributed by atoms with Crippen molar-refractivity contribution in [2.45, 2.75) is 26.6 Å². The van der Waals surface area contributed by atoms with Crippen LogP contribution in [0.25, 0.3) is 22.0 Å². The van der Waals surface area contributed by atoms with Gasteiger partial charge >= 0.3 is 0 Å². The first kappa shape index (κ1) is 22.4. The first-order valence-electron chi connectivity index (χ1n) is 10.5. The molecule has 7 heteroatoms. The van der Waals surface area contributed by atoms with Crippen LogP contribution in [0.2, 0.25) is 0 Å². The third kappa shape index (κ3) is 4.84. The Morgan fingerprint density at radius 2 is 1.91 bits per heavy atom. The molecule has 3 aromatic carbocycles. The number of aromatic nitrogens is 2. The number of hydrogen-bond donors (Lipinski definition) is 3. The molecule has 0 aliphatic rings. The Hall–Kier alpha value is -3.81. The topological polar surface area (TPSA) is 105 Å². The molecule has 0 bridgehead atoms. The minimum atomic E-state index is -0.208. The number of benzene rings is 3. The van der Waals surface area contributed by atoms with Crippen LogP contribution >= 0.6 is 0 Å². The van der Waals surface area contributed by atoms with Gasteiger partial charge in [0.05, 0.1) is 37.9 Å². The molecular weight excluding hydrogens is 418 g/mol. The maximum atomic E-state index is 11.5. The normalized spacial score (nSPS) is 10.9. The van der Waals surface area contributed by atoms with Crippen LogP contribution in [0, 0.1) is 0 Å². The molecule has 1 aromatic heterocycles. The van der Waals surface area contributed by atoms with Crippen LogP contribution < -0.4 is 10.1 Å². The number of nitrogens with one attached hydrogen (secondary N) is 1. The van der Waals surface area contributed by atoms with Gasteiger partial charge in [-0.15, -0.1) is 0 Å². The average Bonchev–Trinajstić information content (AvgIpc) is 2.83. The minimum Gasteiger partial charge on any atom is -0.496 e. The lowest BCUT2D eigenvalue weighted by molar-refractivity contribution is -0.114. The highest BCUT2D eigenvalue weighted by Gasteiger charge is 2.12. The Kier molecular flexibility index (Phi) is 6.63. The van der Waals surface area contributed by atoms with E-state index >= 15 is 0 Å². The SMILES string of the molecule is COc1cc(Cc2cncc(-c3ccc4c(NC(C)=O)cccc4c3)n2)cc(CO)c1CO. The van der Waals surface area contributed by atoms with Crippen LogP contribution in [0.5, 0.6) is 5.75 Å². The molecule has 0 unspecified atom stereocenters. The van der Waals surface area contributed by atoms with E-state index < -0.39 is 0 Å². The molecular formula is C26H25N3O4. The number of hydrogen-bond acceptors (Lipinski definition) is 6. The van der Waals surface area contributed by atoms with Crippen molar-refractivity contribution in [3.63, 3.8) is 0 Å². The van der Waals surface area contributed by atoms with Gasteiger partial charge < -0.3 is 20.3 Å². The van der Waals surface area contributed by atoms with Gasteiger partial charge in [-0.05, 0) is 34.7 Å². The number of anilines is 1. The zero-order chi connectivity index (χ0) is 23.4. The number of aliphatic hydroxyl groups excluding tert-OH is 2. The van der Waals surface area contributed by atoms with Gasteiger partial charge in [0.2, 0.25) is 5.91 Å². The molecule has 0 aliphatic carbocycles. The molecule has 0 saturated carbocycles. The van der Waals surface area contributed by atoms with Gasteiger partial charge in [-0.1, -0.05) is 30.3 Å². The van der Waals surface area contributed by atoms with E-state index in [1.165, 1.54) is 14.0 Å². The summed E-state index contributed by atoms with van der Waals surface area (Å²) < 4.78 is 5.39. The Labute approximate surface area is 191 Å². The molecule has 0 spiro atoms. The van der Waals surface area contributed by atoms with Crippen LogP contribution in [0.1, 0.15) is 29.3 Å². The van der Waals surface area contributed by atoms with E-state index in [0.29, 0.717) is 23.3 Å². The van der Waals surface area contributed by atoms with Crippen molar-refractivity contribution in [2.24, 2.45) is 0 Å². The number of methoxy groups -OCH3 is 1. The van der Waals surface area contributed by atoms with Gasteiger partial charge in [0.1, 0.15) is 5.75 Å². The highest BCUT2D eigenvalue weighted by molar-refractivity contribution is 6.02. The fourth-order valence-electron chi connectivity index (χ4n) is 3.95. The molecule has 33 heavy (non-hydrogen) atoms. The fraction of sp³-hybridized carbons (Fsp3) is 0.192. The molecule has 7 nitrogen and oxygen atoms in total. The van der Waals surface area contributed by atoms with Gasteiger partial charge in [-0.25, -0.2) is 4.98 Å². The number of fused-ring (bicyclic) bond motifs is 1. The maximum absolute atomic E-state index is 11.5. The quantitative estimate of drug-likeness (QED) is 0.401. The molecule has 0 radical (unpaired) electrons. The third-order valence-corrected chi connectivity index (χ3v) is 5.47. The van der Waals surface area contributed by atoms with Crippen LogP contribution in [-0.4, -0.2) is 33.2 Å². The first-order chi connectivity index (χ1) is 16.0. The number of carbonyl (C=O) groups excluding carboxylic acids is 1. The minimum absolute atomic E-state index is 0.113. The van der Waals surface area contributed by atoms with Gasteiger partial charge in [-0.2, -0.15) is 0 Å². The Morgan fingerprint density at radius 1 is 1.06 bits per heavy atom. The van der Waals surface area contributed by atoms with Crippen LogP contribution in [0.3, 0.4) is 0 Å². The molecule has 0 aliphatic heterocycles. The molecule has 1 heterocycles. The summed E-state index contributed by atoms with van der Waals surface area (Å²) in [6.45, 7) is 1.09. The molecule has 168 valence electrons. The van der Waals surface area contributed by atoms with Crippen molar-refractivity contribution in [1.29, 1.82) is 0 Å². The molecule has 0 fully saturated rings. The highest BCUT2D eigenvalue weighted by Crippen LogP contribution is 2.29. The summed E-state index contributed by atoms with van der Waals surface area (Å²) in [5, 5.41) is 24.1. The number of amides is 1. The lowest BCUT2D eigenvalue weighted by Crippen LogP contribution is -2.05. The van der Waals surface area contributed by atoms with Crippen LogP contribution in [-0.2, 0) is 24.4 Å². The second kappa shape index (κ2) is 9.77. The summed E-state index contributed by atoms with van der Waals surface area (Å²) in [6.07, 6.45) is 3.93. The van der Waals surface area contributed by atoms with Crippen molar-refractivity contribution < 1.29 is 19.7 Å². The zero-order valence-electron chi connectivity index (χ0n) is 18.5. The van der Waals surface area contributed by atoms with E-state index in [9.17, 15) is 15.0 Å².